The molecule has 0 radical (unpaired) electrons. The highest BCUT2D eigenvalue weighted by atomic mass is 16.5. The van der Waals surface area contributed by atoms with Gasteiger partial charge in [0, 0.05) is 12.7 Å². The molecule has 0 saturated carbocycles. The quantitative estimate of drug-likeness (QED) is 0.498. The molecule has 1 saturated heterocycles. The monoisotopic (exact) mass is 399 g/mol. The van der Waals surface area contributed by atoms with E-state index in [1.807, 2.05) is 6.20 Å². The molecule has 6 nitrogen and oxygen atoms in total. The van der Waals surface area contributed by atoms with E-state index in [0.717, 1.165) is 63.0 Å². The highest BCUT2D eigenvalue weighted by Gasteiger charge is 2.31. The van der Waals surface area contributed by atoms with Gasteiger partial charge in [0.1, 0.15) is 11.4 Å². The summed E-state index contributed by atoms with van der Waals surface area (Å²) < 4.78 is 5.91. The molecular formula is C23H37N5O. The predicted octanol–water partition coefficient (Wildman–Crippen LogP) is 3.13. The molecule has 1 fully saturated rings. The van der Waals surface area contributed by atoms with Crippen LogP contribution in [0.15, 0.2) is 41.0 Å². The second kappa shape index (κ2) is 10.6. The molecule has 0 spiro atoms. The van der Waals surface area contributed by atoms with Crippen LogP contribution in [0.4, 0.5) is 0 Å². The maximum absolute atomic E-state index is 6.64. The summed E-state index contributed by atoms with van der Waals surface area (Å²) in [6.45, 7) is 6.59. The summed E-state index contributed by atoms with van der Waals surface area (Å²) in [6, 6.07) is 8.33. The van der Waals surface area contributed by atoms with Gasteiger partial charge in [-0.15, -0.1) is 0 Å². The van der Waals surface area contributed by atoms with E-state index >= 15 is 0 Å². The summed E-state index contributed by atoms with van der Waals surface area (Å²) in [4.78, 5) is 7.05. The van der Waals surface area contributed by atoms with Gasteiger partial charge in [0.2, 0.25) is 0 Å². The Morgan fingerprint density at radius 2 is 1.90 bits per heavy atom. The third-order valence-corrected chi connectivity index (χ3v) is 5.84. The van der Waals surface area contributed by atoms with Crippen molar-refractivity contribution in [2.24, 2.45) is 16.5 Å². The molecule has 2 aliphatic heterocycles. The minimum Gasteiger partial charge on any atom is -0.494 e. The van der Waals surface area contributed by atoms with Crippen molar-refractivity contribution < 1.29 is 4.74 Å². The van der Waals surface area contributed by atoms with Crippen molar-refractivity contribution >= 4 is 5.96 Å². The number of benzene rings is 1. The van der Waals surface area contributed by atoms with Gasteiger partial charge in [-0.2, -0.15) is 0 Å². The summed E-state index contributed by atoms with van der Waals surface area (Å²) in [6.07, 6.45) is 10.6. The average Bonchev–Trinajstić information content (AvgIpc) is 3.22. The second-order valence-electron chi connectivity index (χ2n) is 8.26. The van der Waals surface area contributed by atoms with Crippen LogP contribution in [0.3, 0.4) is 0 Å². The normalized spacial score (nSPS) is 22.1. The van der Waals surface area contributed by atoms with E-state index in [2.05, 4.69) is 46.4 Å². The first kappa shape index (κ1) is 21.7. The van der Waals surface area contributed by atoms with E-state index in [9.17, 15) is 0 Å². The second-order valence-corrected chi connectivity index (χ2v) is 8.26. The average molecular weight is 400 g/mol. The largest absolute Gasteiger partial charge is 0.494 e. The molecule has 1 aromatic carbocycles. The summed E-state index contributed by atoms with van der Waals surface area (Å²) in [5.74, 6) is 1.32. The Bertz CT molecular complexity index is 694. The number of guanidine groups is 1. The van der Waals surface area contributed by atoms with Crippen LogP contribution in [0.2, 0.25) is 0 Å². The highest BCUT2D eigenvalue weighted by molar-refractivity contribution is 5.81. The van der Waals surface area contributed by atoms with Crippen molar-refractivity contribution in [3.63, 3.8) is 0 Å². The van der Waals surface area contributed by atoms with Gasteiger partial charge in [-0.25, -0.2) is 4.99 Å². The number of unbranched alkanes of at least 4 members (excludes halogenated alkanes) is 2. The van der Waals surface area contributed by atoms with E-state index in [4.69, 9.17) is 16.2 Å². The fourth-order valence-corrected chi connectivity index (χ4v) is 4.08. The van der Waals surface area contributed by atoms with Crippen LogP contribution in [0.1, 0.15) is 57.4 Å². The minimum absolute atomic E-state index is 0.394. The molecule has 6 heteroatoms. The van der Waals surface area contributed by atoms with Gasteiger partial charge >= 0.3 is 0 Å². The van der Waals surface area contributed by atoms with Crippen molar-refractivity contribution in [1.29, 1.82) is 0 Å². The molecule has 2 heterocycles. The Hall–Kier alpha value is -2.05. The number of hydrogen-bond donors (Lipinski definition) is 3. The van der Waals surface area contributed by atoms with Gasteiger partial charge in [0.25, 0.3) is 0 Å². The van der Waals surface area contributed by atoms with Gasteiger partial charge in [-0.05, 0) is 74.9 Å². The first-order valence-electron chi connectivity index (χ1n) is 11.1. The van der Waals surface area contributed by atoms with Gasteiger partial charge < -0.3 is 26.4 Å². The Labute approximate surface area is 175 Å². The SMILES string of the molecule is CCCCCC1(N)N=C(N)NC=C1Cc1ccc(OCCCN2CCCC2)cc1. The molecule has 1 unspecified atom stereocenters. The number of rotatable bonds is 11. The fourth-order valence-electron chi connectivity index (χ4n) is 4.08. The van der Waals surface area contributed by atoms with Crippen LogP contribution >= 0.6 is 0 Å². The van der Waals surface area contributed by atoms with E-state index in [-0.39, 0.29) is 0 Å². The van der Waals surface area contributed by atoms with Crippen LogP contribution in [0.25, 0.3) is 0 Å². The van der Waals surface area contributed by atoms with E-state index in [1.54, 1.807) is 0 Å². The Kier molecular flexibility index (Phi) is 7.95. The molecule has 0 bridgehead atoms. The van der Waals surface area contributed by atoms with E-state index in [0.29, 0.717) is 5.96 Å². The van der Waals surface area contributed by atoms with Gasteiger partial charge in [-0.1, -0.05) is 31.9 Å². The van der Waals surface area contributed by atoms with Crippen molar-refractivity contribution in [2.75, 3.05) is 26.2 Å². The Balaban J connectivity index is 1.49. The third-order valence-electron chi connectivity index (χ3n) is 5.84. The molecular weight excluding hydrogens is 362 g/mol. The lowest BCUT2D eigenvalue weighted by molar-refractivity contribution is 0.263. The Morgan fingerprint density at radius 3 is 2.62 bits per heavy atom. The highest BCUT2D eigenvalue weighted by Crippen LogP contribution is 2.28. The first-order valence-corrected chi connectivity index (χ1v) is 11.1. The van der Waals surface area contributed by atoms with Crippen LogP contribution in [0.5, 0.6) is 5.75 Å². The molecule has 3 rings (SSSR count). The summed E-state index contributed by atoms with van der Waals surface area (Å²) >= 11 is 0. The van der Waals surface area contributed by atoms with Crippen LogP contribution in [0, 0.1) is 0 Å². The van der Waals surface area contributed by atoms with Crippen LogP contribution < -0.4 is 21.5 Å². The number of nitrogens with one attached hydrogen (secondary N) is 1. The Morgan fingerprint density at radius 1 is 1.14 bits per heavy atom. The number of nitrogens with zero attached hydrogens (tertiary/aromatic N) is 2. The molecule has 0 aliphatic carbocycles. The van der Waals surface area contributed by atoms with Gasteiger partial charge in [-0.3, -0.25) is 0 Å². The number of likely N-dealkylation sites (tertiary alicyclic amines) is 1. The topological polar surface area (TPSA) is 88.9 Å². The van der Waals surface area contributed by atoms with Crippen molar-refractivity contribution in [3.8, 4) is 5.75 Å². The van der Waals surface area contributed by atoms with Gasteiger partial charge in [0.15, 0.2) is 5.96 Å². The molecule has 29 heavy (non-hydrogen) atoms. The van der Waals surface area contributed by atoms with Crippen molar-refractivity contribution in [1.82, 2.24) is 10.2 Å². The van der Waals surface area contributed by atoms with E-state index in [1.165, 1.54) is 31.5 Å². The maximum atomic E-state index is 6.64. The van der Waals surface area contributed by atoms with Crippen LogP contribution in [-0.4, -0.2) is 42.8 Å². The first-order chi connectivity index (χ1) is 14.1. The summed E-state index contributed by atoms with van der Waals surface area (Å²) in [7, 11) is 0. The lowest BCUT2D eigenvalue weighted by atomic mass is 9.89. The number of hydrogen-bond acceptors (Lipinski definition) is 6. The van der Waals surface area contributed by atoms with Crippen molar-refractivity contribution in [3.05, 3.63) is 41.6 Å². The minimum atomic E-state index is -0.713. The zero-order valence-corrected chi connectivity index (χ0v) is 17.8. The lowest BCUT2D eigenvalue weighted by Gasteiger charge is -2.32. The molecule has 0 aromatic heterocycles. The number of ether oxygens (including phenoxy) is 1. The molecule has 160 valence electrons. The number of aliphatic imine (C=N–C) groups is 1. The predicted molar refractivity (Wildman–Crippen MR) is 120 cm³/mol. The third kappa shape index (κ3) is 6.47. The fraction of sp³-hybridized carbons (Fsp3) is 0.609. The molecule has 1 aromatic rings. The smallest absolute Gasteiger partial charge is 0.194 e. The molecule has 1 atom stereocenters. The standard InChI is InChI=1S/C23H37N5O/c1-2-3-4-12-23(25)20(18-26-22(24)27-23)17-19-8-10-21(11-9-19)29-16-7-15-28-13-5-6-14-28/h8-11,18H,2-7,12-17,25H2,1H3,(H3,24,26,27). The van der Waals surface area contributed by atoms with Crippen molar-refractivity contribution in [2.45, 2.75) is 64.0 Å². The molecule has 0 amide bonds. The van der Waals surface area contributed by atoms with Gasteiger partial charge in [0.05, 0.1) is 6.61 Å². The van der Waals surface area contributed by atoms with E-state index < -0.39 is 5.66 Å². The van der Waals surface area contributed by atoms with Crippen LogP contribution in [-0.2, 0) is 6.42 Å². The maximum Gasteiger partial charge on any atom is 0.194 e. The zero-order chi connectivity index (χ0) is 20.5. The number of nitrogens with two attached hydrogens (primary N) is 2. The summed E-state index contributed by atoms with van der Waals surface area (Å²) in [5.41, 5.74) is 14.1. The lowest BCUT2D eigenvalue weighted by Crippen LogP contribution is -2.48. The zero-order valence-electron chi connectivity index (χ0n) is 17.8. The molecule has 5 N–H and O–H groups in total. The molecule has 2 aliphatic rings. The summed E-state index contributed by atoms with van der Waals surface area (Å²) in [5, 5.41) is 3.02.